The van der Waals surface area contributed by atoms with Crippen LogP contribution in [0, 0.1) is 5.82 Å². The van der Waals surface area contributed by atoms with Gasteiger partial charge in [-0.25, -0.2) is 4.39 Å². The molecule has 1 heterocycles. The lowest BCUT2D eigenvalue weighted by atomic mass is 10.0. The molecule has 2 atom stereocenters. The summed E-state index contributed by atoms with van der Waals surface area (Å²) >= 11 is 3.24. The first kappa shape index (κ1) is 13.5. The van der Waals surface area contributed by atoms with Crippen molar-refractivity contribution in [1.82, 2.24) is 10.6 Å². The van der Waals surface area contributed by atoms with Crippen molar-refractivity contribution in [2.45, 2.75) is 31.8 Å². The summed E-state index contributed by atoms with van der Waals surface area (Å²) in [4.78, 5) is 11.1. The number of carbonyl (C=O) groups excluding carboxylic acids is 1. The normalized spacial score (nSPS) is 21.5. The Morgan fingerprint density at radius 3 is 2.94 bits per heavy atom. The molecule has 5 heteroatoms. The molecule has 0 bridgehead atoms. The third kappa shape index (κ3) is 3.29. The zero-order valence-corrected chi connectivity index (χ0v) is 11.8. The molecule has 2 unspecified atom stereocenters. The summed E-state index contributed by atoms with van der Waals surface area (Å²) in [6, 6.07) is 5.22. The molecular formula is C13H16BrFN2O. The third-order valence-corrected chi connectivity index (χ3v) is 3.67. The molecule has 98 valence electrons. The summed E-state index contributed by atoms with van der Waals surface area (Å²) in [5.41, 5.74) is 0.648. The zero-order chi connectivity index (χ0) is 13.1. The van der Waals surface area contributed by atoms with Gasteiger partial charge in [0.15, 0.2) is 0 Å². The number of carbonyl (C=O) groups is 1. The summed E-state index contributed by atoms with van der Waals surface area (Å²) in [5, 5.41) is 6.16. The maximum atomic E-state index is 13.8. The summed E-state index contributed by atoms with van der Waals surface area (Å²) < 4.78 is 14.5. The fourth-order valence-corrected chi connectivity index (χ4v) is 2.50. The molecule has 1 amide bonds. The second-order valence-electron chi connectivity index (χ2n) is 4.59. The number of hydrogen-bond acceptors (Lipinski definition) is 2. The SMILES string of the molecule is CC(NC1CCC(=O)NC1)c1ccc(Br)cc1F. The van der Waals surface area contributed by atoms with Gasteiger partial charge in [0.05, 0.1) is 0 Å². The predicted octanol–water partition coefficient (Wildman–Crippen LogP) is 2.52. The van der Waals surface area contributed by atoms with E-state index in [4.69, 9.17) is 0 Å². The van der Waals surface area contributed by atoms with Crippen molar-refractivity contribution < 1.29 is 9.18 Å². The van der Waals surface area contributed by atoms with Crippen LogP contribution < -0.4 is 10.6 Å². The number of nitrogens with one attached hydrogen (secondary N) is 2. The topological polar surface area (TPSA) is 41.1 Å². The molecule has 1 fully saturated rings. The first-order valence-electron chi connectivity index (χ1n) is 6.04. The van der Waals surface area contributed by atoms with Gasteiger partial charge >= 0.3 is 0 Å². The number of hydrogen-bond donors (Lipinski definition) is 2. The molecule has 1 aromatic carbocycles. The van der Waals surface area contributed by atoms with Crippen molar-refractivity contribution in [1.29, 1.82) is 0 Å². The van der Waals surface area contributed by atoms with Crippen molar-refractivity contribution in [2.75, 3.05) is 6.54 Å². The maximum Gasteiger partial charge on any atom is 0.220 e. The molecule has 1 aromatic rings. The van der Waals surface area contributed by atoms with Gasteiger partial charge in [0.25, 0.3) is 0 Å². The molecule has 18 heavy (non-hydrogen) atoms. The van der Waals surface area contributed by atoms with E-state index >= 15 is 0 Å². The van der Waals surface area contributed by atoms with Gasteiger partial charge in [0, 0.05) is 35.1 Å². The van der Waals surface area contributed by atoms with Gasteiger partial charge in [-0.15, -0.1) is 0 Å². The highest BCUT2D eigenvalue weighted by Gasteiger charge is 2.21. The summed E-state index contributed by atoms with van der Waals surface area (Å²) in [5.74, 6) is -0.125. The minimum absolute atomic E-state index is 0.0712. The Labute approximate surface area is 114 Å². The quantitative estimate of drug-likeness (QED) is 0.900. The Bertz CT molecular complexity index is 443. The molecule has 0 aliphatic carbocycles. The highest BCUT2D eigenvalue weighted by molar-refractivity contribution is 9.10. The largest absolute Gasteiger partial charge is 0.355 e. The molecule has 1 aliphatic heterocycles. The van der Waals surface area contributed by atoms with Crippen LogP contribution in [0.4, 0.5) is 4.39 Å². The summed E-state index contributed by atoms with van der Waals surface area (Å²) in [7, 11) is 0. The van der Waals surface area contributed by atoms with Crippen molar-refractivity contribution in [3.63, 3.8) is 0 Å². The Morgan fingerprint density at radius 2 is 2.33 bits per heavy atom. The van der Waals surface area contributed by atoms with Crippen molar-refractivity contribution >= 4 is 21.8 Å². The summed E-state index contributed by atoms with van der Waals surface area (Å²) in [6.45, 7) is 2.55. The van der Waals surface area contributed by atoms with Crippen LogP contribution in [0.1, 0.15) is 31.4 Å². The average molecular weight is 315 g/mol. The lowest BCUT2D eigenvalue weighted by Crippen LogP contribution is -2.46. The first-order chi connectivity index (χ1) is 8.56. The van der Waals surface area contributed by atoms with Crippen LogP contribution in [0.3, 0.4) is 0 Å². The smallest absolute Gasteiger partial charge is 0.220 e. The van der Waals surface area contributed by atoms with E-state index in [0.29, 0.717) is 18.5 Å². The minimum Gasteiger partial charge on any atom is -0.355 e. The van der Waals surface area contributed by atoms with E-state index < -0.39 is 0 Å². The number of piperidine rings is 1. The van der Waals surface area contributed by atoms with E-state index in [0.717, 1.165) is 10.9 Å². The number of amides is 1. The lowest BCUT2D eigenvalue weighted by molar-refractivity contribution is -0.122. The number of halogens is 2. The van der Waals surface area contributed by atoms with Crippen molar-refractivity contribution in [2.24, 2.45) is 0 Å². The molecule has 0 aromatic heterocycles. The van der Waals surface area contributed by atoms with Gasteiger partial charge in [-0.3, -0.25) is 4.79 Å². The first-order valence-corrected chi connectivity index (χ1v) is 6.83. The summed E-state index contributed by atoms with van der Waals surface area (Å²) in [6.07, 6.45) is 1.33. The average Bonchev–Trinajstić information content (AvgIpc) is 2.32. The van der Waals surface area contributed by atoms with E-state index in [1.165, 1.54) is 6.07 Å². The van der Waals surface area contributed by atoms with Crippen molar-refractivity contribution in [3.8, 4) is 0 Å². The van der Waals surface area contributed by atoms with Gasteiger partial charge in [-0.2, -0.15) is 0 Å². The Hall–Kier alpha value is -0.940. The Balaban J connectivity index is 1.98. The molecule has 0 saturated carbocycles. The van der Waals surface area contributed by atoms with E-state index in [1.54, 1.807) is 6.07 Å². The fourth-order valence-electron chi connectivity index (χ4n) is 2.17. The van der Waals surface area contributed by atoms with Crippen LogP contribution in [0.5, 0.6) is 0 Å². The van der Waals surface area contributed by atoms with Gasteiger partial charge in [0.2, 0.25) is 5.91 Å². The standard InChI is InChI=1S/C13H16BrFN2O/c1-8(11-4-2-9(14)6-12(11)15)17-10-3-5-13(18)16-7-10/h2,4,6,8,10,17H,3,5,7H2,1H3,(H,16,18). The van der Waals surface area contributed by atoms with Gasteiger partial charge in [-0.1, -0.05) is 22.0 Å². The lowest BCUT2D eigenvalue weighted by Gasteiger charge is -2.27. The third-order valence-electron chi connectivity index (χ3n) is 3.18. The van der Waals surface area contributed by atoms with E-state index in [-0.39, 0.29) is 23.8 Å². The van der Waals surface area contributed by atoms with E-state index in [2.05, 4.69) is 26.6 Å². The molecule has 3 nitrogen and oxygen atoms in total. The van der Waals surface area contributed by atoms with Crippen LogP contribution in [0.15, 0.2) is 22.7 Å². The molecule has 0 radical (unpaired) electrons. The maximum absolute atomic E-state index is 13.8. The molecule has 1 aliphatic rings. The predicted molar refractivity (Wildman–Crippen MR) is 71.7 cm³/mol. The van der Waals surface area contributed by atoms with Crippen LogP contribution >= 0.6 is 15.9 Å². The highest BCUT2D eigenvalue weighted by atomic mass is 79.9. The Kier molecular flexibility index (Phi) is 4.35. The van der Waals surface area contributed by atoms with E-state index in [9.17, 15) is 9.18 Å². The number of rotatable bonds is 3. The molecule has 2 rings (SSSR count). The molecule has 0 spiro atoms. The van der Waals surface area contributed by atoms with Crippen LogP contribution in [-0.4, -0.2) is 18.5 Å². The second-order valence-corrected chi connectivity index (χ2v) is 5.51. The second kappa shape index (κ2) is 5.80. The number of benzene rings is 1. The van der Waals surface area contributed by atoms with Crippen LogP contribution in [-0.2, 0) is 4.79 Å². The monoisotopic (exact) mass is 314 g/mol. The zero-order valence-electron chi connectivity index (χ0n) is 10.2. The fraction of sp³-hybridized carbons (Fsp3) is 0.462. The molecule has 2 N–H and O–H groups in total. The highest BCUT2D eigenvalue weighted by Crippen LogP contribution is 2.21. The van der Waals surface area contributed by atoms with Crippen LogP contribution in [0.2, 0.25) is 0 Å². The van der Waals surface area contributed by atoms with Crippen molar-refractivity contribution in [3.05, 3.63) is 34.1 Å². The van der Waals surface area contributed by atoms with Gasteiger partial charge in [-0.05, 0) is 25.5 Å². The van der Waals surface area contributed by atoms with Gasteiger partial charge in [0.1, 0.15) is 5.82 Å². The minimum atomic E-state index is -0.218. The Morgan fingerprint density at radius 1 is 1.56 bits per heavy atom. The van der Waals surface area contributed by atoms with Crippen LogP contribution in [0.25, 0.3) is 0 Å². The van der Waals surface area contributed by atoms with E-state index in [1.807, 2.05) is 13.0 Å². The van der Waals surface area contributed by atoms with Gasteiger partial charge < -0.3 is 10.6 Å². The molecule has 1 saturated heterocycles. The molecular weight excluding hydrogens is 299 g/mol.